The minimum atomic E-state index is -0.158. The van der Waals surface area contributed by atoms with E-state index in [1.54, 1.807) is 7.11 Å². The van der Waals surface area contributed by atoms with Crippen LogP contribution in [0.2, 0.25) is 0 Å². The molecule has 0 fully saturated rings. The summed E-state index contributed by atoms with van der Waals surface area (Å²) < 4.78 is 6.50. The fourth-order valence-corrected chi connectivity index (χ4v) is 4.72. The van der Waals surface area contributed by atoms with Gasteiger partial charge >= 0.3 is 0 Å². The minimum absolute atomic E-state index is 0.152. The molecule has 0 saturated carbocycles. The Hall–Kier alpha value is -2.59. The van der Waals surface area contributed by atoms with E-state index in [2.05, 4.69) is 78.3 Å². The van der Waals surface area contributed by atoms with Gasteiger partial charge in [0.25, 0.3) is 0 Å². The van der Waals surface area contributed by atoms with Gasteiger partial charge in [-0.05, 0) is 83.8 Å². The lowest BCUT2D eigenvalue weighted by Gasteiger charge is -2.31. The third-order valence-corrected chi connectivity index (χ3v) is 6.89. The molecule has 0 spiro atoms. The van der Waals surface area contributed by atoms with Crippen molar-refractivity contribution in [2.45, 2.75) is 51.5 Å². The number of ether oxygens (including phenoxy) is 1. The van der Waals surface area contributed by atoms with Crippen LogP contribution in [0.1, 0.15) is 60.8 Å². The number of anilines is 1. The molecule has 0 heterocycles. The summed E-state index contributed by atoms with van der Waals surface area (Å²) in [5.41, 5.74) is 5.69. The first-order valence-corrected chi connectivity index (χ1v) is 12.1. The number of amides is 1. The van der Waals surface area contributed by atoms with Crippen LogP contribution in [-0.4, -0.2) is 13.0 Å². The third-order valence-electron chi connectivity index (χ3n) is 6.36. The maximum absolute atomic E-state index is 14.0. The maximum Gasteiger partial charge on any atom is 0.234 e. The Kier molecular flexibility index (Phi) is 7.00. The number of hydrogen-bond donors (Lipinski definition) is 0. The molecule has 32 heavy (non-hydrogen) atoms. The summed E-state index contributed by atoms with van der Waals surface area (Å²) in [6, 6.07) is 22.8. The second kappa shape index (κ2) is 9.91. The van der Waals surface area contributed by atoms with Gasteiger partial charge in [0.05, 0.1) is 19.6 Å². The van der Waals surface area contributed by atoms with E-state index in [1.807, 2.05) is 23.1 Å². The van der Waals surface area contributed by atoms with E-state index in [9.17, 15) is 4.79 Å². The van der Waals surface area contributed by atoms with E-state index in [0.717, 1.165) is 46.3 Å². The molecule has 4 rings (SSSR count). The number of rotatable bonds is 6. The van der Waals surface area contributed by atoms with Gasteiger partial charge in [-0.15, -0.1) is 0 Å². The SMILES string of the molecule is COc1ccc2c(c1)C(C(=O)N(Cc1ccc(Br)cc1)c1ccc(C(C)C)cc1)CCC2. The highest BCUT2D eigenvalue weighted by molar-refractivity contribution is 9.10. The van der Waals surface area contributed by atoms with Crippen LogP contribution < -0.4 is 9.64 Å². The molecule has 0 aromatic heterocycles. The number of nitrogens with zero attached hydrogens (tertiary/aromatic N) is 1. The molecule has 4 heteroatoms. The van der Waals surface area contributed by atoms with Crippen molar-refractivity contribution < 1.29 is 9.53 Å². The van der Waals surface area contributed by atoms with Gasteiger partial charge in [0, 0.05) is 10.2 Å². The molecule has 3 aromatic rings. The zero-order valence-electron chi connectivity index (χ0n) is 19.0. The lowest BCUT2D eigenvalue weighted by atomic mass is 9.81. The van der Waals surface area contributed by atoms with Crippen molar-refractivity contribution in [3.05, 3.63) is 93.5 Å². The van der Waals surface area contributed by atoms with Crippen LogP contribution in [0.15, 0.2) is 71.2 Å². The second-order valence-corrected chi connectivity index (χ2v) is 9.72. The Morgan fingerprint density at radius 2 is 1.78 bits per heavy atom. The molecule has 0 saturated heterocycles. The molecular formula is C28H30BrNO2. The smallest absolute Gasteiger partial charge is 0.234 e. The van der Waals surface area contributed by atoms with Crippen LogP contribution >= 0.6 is 15.9 Å². The van der Waals surface area contributed by atoms with Gasteiger partial charge in [-0.3, -0.25) is 4.79 Å². The molecule has 1 aliphatic rings. The molecule has 0 bridgehead atoms. The van der Waals surface area contributed by atoms with Gasteiger partial charge in [-0.2, -0.15) is 0 Å². The van der Waals surface area contributed by atoms with Crippen LogP contribution in [0.4, 0.5) is 5.69 Å². The molecule has 166 valence electrons. The third kappa shape index (κ3) is 4.91. The highest BCUT2D eigenvalue weighted by Crippen LogP contribution is 2.37. The number of fused-ring (bicyclic) bond motifs is 1. The fourth-order valence-electron chi connectivity index (χ4n) is 4.46. The number of benzene rings is 3. The minimum Gasteiger partial charge on any atom is -0.497 e. The van der Waals surface area contributed by atoms with Crippen molar-refractivity contribution >= 4 is 27.5 Å². The zero-order chi connectivity index (χ0) is 22.7. The Labute approximate surface area is 199 Å². The topological polar surface area (TPSA) is 29.5 Å². The number of halogens is 1. The molecular weight excluding hydrogens is 462 g/mol. The number of carbonyl (C=O) groups excluding carboxylic acids is 1. The summed E-state index contributed by atoms with van der Waals surface area (Å²) in [5, 5.41) is 0. The van der Waals surface area contributed by atoms with Crippen molar-refractivity contribution in [3.63, 3.8) is 0 Å². The maximum atomic E-state index is 14.0. The monoisotopic (exact) mass is 491 g/mol. The first-order valence-electron chi connectivity index (χ1n) is 11.3. The predicted molar refractivity (Wildman–Crippen MR) is 135 cm³/mol. The summed E-state index contributed by atoms with van der Waals surface area (Å²) in [7, 11) is 1.68. The standard InChI is InChI=1S/C28H30BrNO2/c1-19(2)21-9-14-24(15-10-21)30(18-20-7-12-23(29)13-8-20)28(31)26-6-4-5-22-11-16-25(32-3)17-27(22)26/h7-17,19,26H,4-6,18H2,1-3H3. The molecule has 3 nitrogen and oxygen atoms in total. The number of aryl methyl sites for hydroxylation is 1. The molecule has 1 aliphatic carbocycles. The van der Waals surface area contributed by atoms with Gasteiger partial charge in [0.15, 0.2) is 0 Å². The fraction of sp³-hybridized carbons (Fsp3) is 0.321. The van der Waals surface area contributed by atoms with Crippen LogP contribution in [0.25, 0.3) is 0 Å². The molecule has 3 aromatic carbocycles. The molecule has 0 aliphatic heterocycles. The Bertz CT molecular complexity index is 1070. The average Bonchev–Trinajstić information content (AvgIpc) is 2.82. The van der Waals surface area contributed by atoms with Gasteiger partial charge in [0.1, 0.15) is 5.75 Å². The lowest BCUT2D eigenvalue weighted by molar-refractivity contribution is -0.120. The van der Waals surface area contributed by atoms with Crippen LogP contribution in [0.5, 0.6) is 5.75 Å². The number of methoxy groups -OCH3 is 1. The van der Waals surface area contributed by atoms with Gasteiger partial charge in [-0.25, -0.2) is 0 Å². The van der Waals surface area contributed by atoms with Crippen molar-refractivity contribution in [3.8, 4) is 5.75 Å². The number of carbonyl (C=O) groups is 1. The zero-order valence-corrected chi connectivity index (χ0v) is 20.6. The first kappa shape index (κ1) is 22.6. The van der Waals surface area contributed by atoms with Crippen molar-refractivity contribution in [1.82, 2.24) is 0 Å². The summed E-state index contributed by atoms with van der Waals surface area (Å²) in [6.45, 7) is 4.92. The predicted octanol–water partition coefficient (Wildman–Crippen LogP) is 7.23. The van der Waals surface area contributed by atoms with E-state index in [4.69, 9.17) is 4.74 Å². The van der Waals surface area contributed by atoms with Crippen LogP contribution in [0.3, 0.4) is 0 Å². The van der Waals surface area contributed by atoms with Crippen molar-refractivity contribution in [2.75, 3.05) is 12.0 Å². The number of hydrogen-bond acceptors (Lipinski definition) is 2. The summed E-state index contributed by atoms with van der Waals surface area (Å²) in [6.07, 6.45) is 2.90. The normalized spacial score (nSPS) is 15.3. The average molecular weight is 492 g/mol. The molecule has 0 radical (unpaired) electrons. The van der Waals surface area contributed by atoms with Crippen molar-refractivity contribution in [1.29, 1.82) is 0 Å². The summed E-state index contributed by atoms with van der Waals surface area (Å²) >= 11 is 3.51. The lowest BCUT2D eigenvalue weighted by Crippen LogP contribution is -2.36. The van der Waals surface area contributed by atoms with Crippen LogP contribution in [-0.2, 0) is 17.8 Å². The van der Waals surface area contributed by atoms with E-state index in [0.29, 0.717) is 12.5 Å². The van der Waals surface area contributed by atoms with E-state index >= 15 is 0 Å². The Morgan fingerprint density at radius 1 is 1.06 bits per heavy atom. The highest BCUT2D eigenvalue weighted by atomic mass is 79.9. The van der Waals surface area contributed by atoms with Crippen LogP contribution in [0, 0.1) is 0 Å². The largest absolute Gasteiger partial charge is 0.497 e. The van der Waals surface area contributed by atoms with Gasteiger partial charge in [-0.1, -0.05) is 60.1 Å². The highest BCUT2D eigenvalue weighted by Gasteiger charge is 2.31. The molecule has 0 N–H and O–H groups in total. The van der Waals surface area contributed by atoms with Gasteiger partial charge < -0.3 is 9.64 Å². The van der Waals surface area contributed by atoms with E-state index < -0.39 is 0 Å². The summed E-state index contributed by atoms with van der Waals surface area (Å²) in [5.74, 6) is 1.26. The quantitative estimate of drug-likeness (QED) is 0.363. The molecule has 1 amide bonds. The molecule has 1 atom stereocenters. The van der Waals surface area contributed by atoms with E-state index in [1.165, 1.54) is 11.1 Å². The Balaban J connectivity index is 1.71. The Morgan fingerprint density at radius 3 is 2.44 bits per heavy atom. The second-order valence-electron chi connectivity index (χ2n) is 8.81. The van der Waals surface area contributed by atoms with Gasteiger partial charge in [0.2, 0.25) is 5.91 Å². The molecule has 1 unspecified atom stereocenters. The van der Waals surface area contributed by atoms with E-state index in [-0.39, 0.29) is 11.8 Å². The first-order chi connectivity index (χ1) is 15.5. The summed E-state index contributed by atoms with van der Waals surface area (Å²) in [4.78, 5) is 16.0. The van der Waals surface area contributed by atoms with Crippen molar-refractivity contribution in [2.24, 2.45) is 0 Å².